The third-order valence-corrected chi connectivity index (χ3v) is 6.35. The molecule has 2 aliphatic rings. The molecule has 0 aromatic heterocycles. The van der Waals surface area contributed by atoms with Crippen LogP contribution in [0.2, 0.25) is 5.02 Å². The molecule has 0 radical (unpaired) electrons. The molecule has 1 heterocycles. The number of carbonyl (C=O) groups excluding carboxylic acids is 3. The highest BCUT2D eigenvalue weighted by Gasteiger charge is 2.71. The van der Waals surface area contributed by atoms with Gasteiger partial charge < -0.3 is 10.2 Å². The second-order valence-corrected chi connectivity index (χ2v) is 9.79. The highest BCUT2D eigenvalue weighted by atomic mass is 35.5. The van der Waals surface area contributed by atoms with Gasteiger partial charge in [-0.2, -0.15) is 13.2 Å². The molecule has 1 aliphatic heterocycles. The number of halogens is 4. The minimum atomic E-state index is -5.26. The van der Waals surface area contributed by atoms with Crippen molar-refractivity contribution < 1.29 is 27.6 Å². The third kappa shape index (κ3) is 4.00. The van der Waals surface area contributed by atoms with E-state index in [1.807, 2.05) is 5.32 Å². The number of benzene rings is 2. The van der Waals surface area contributed by atoms with E-state index in [1.165, 1.54) is 24.3 Å². The van der Waals surface area contributed by atoms with E-state index >= 15 is 0 Å². The van der Waals surface area contributed by atoms with Crippen LogP contribution in [0.25, 0.3) is 0 Å². The summed E-state index contributed by atoms with van der Waals surface area (Å²) in [6.07, 6.45) is -5.36. The van der Waals surface area contributed by atoms with Gasteiger partial charge in [-0.1, -0.05) is 61.8 Å². The number of hydrogen-bond acceptors (Lipinski definition) is 3. The number of nitrogens with zero attached hydrogens (tertiary/aromatic N) is 1. The van der Waals surface area contributed by atoms with Gasteiger partial charge in [0.15, 0.2) is 5.78 Å². The number of ketones is 1. The molecule has 1 aliphatic carbocycles. The van der Waals surface area contributed by atoms with E-state index in [2.05, 4.69) is 0 Å². The molecule has 0 spiro atoms. The normalized spacial score (nSPS) is 22.1. The average Bonchev–Trinajstić information content (AvgIpc) is 2.97. The maximum atomic E-state index is 14.8. The van der Waals surface area contributed by atoms with Crippen LogP contribution in [0.1, 0.15) is 42.6 Å². The molecule has 2 aromatic carbocycles. The molecule has 4 rings (SSSR count). The molecule has 1 N–H and O–H groups in total. The van der Waals surface area contributed by atoms with Gasteiger partial charge in [0.25, 0.3) is 11.8 Å². The molecule has 0 unspecified atom stereocenters. The second-order valence-electron chi connectivity index (χ2n) is 9.35. The second kappa shape index (κ2) is 8.27. The molecule has 0 saturated heterocycles. The van der Waals surface area contributed by atoms with Gasteiger partial charge in [-0.15, -0.1) is 0 Å². The maximum Gasteiger partial charge on any atom is 0.425 e. The van der Waals surface area contributed by atoms with Crippen LogP contribution in [0, 0.1) is 5.41 Å². The van der Waals surface area contributed by atoms with Gasteiger partial charge in [0.2, 0.25) is 5.54 Å². The van der Waals surface area contributed by atoms with Gasteiger partial charge in [-0.3, -0.25) is 14.4 Å². The van der Waals surface area contributed by atoms with Crippen molar-refractivity contribution in [3.05, 3.63) is 82.0 Å². The molecule has 0 bridgehead atoms. The quantitative estimate of drug-likeness (QED) is 0.651. The predicted octanol–water partition coefficient (Wildman–Crippen LogP) is 5.06. The molecule has 178 valence electrons. The fourth-order valence-electron chi connectivity index (χ4n) is 4.63. The van der Waals surface area contributed by atoms with Crippen molar-refractivity contribution in [2.75, 3.05) is 0 Å². The summed E-state index contributed by atoms with van der Waals surface area (Å²) in [5.74, 6) is -3.35. The Labute approximate surface area is 199 Å². The van der Waals surface area contributed by atoms with Crippen LogP contribution in [-0.4, -0.2) is 34.2 Å². The van der Waals surface area contributed by atoms with Crippen molar-refractivity contribution in [3.8, 4) is 0 Å². The van der Waals surface area contributed by atoms with Crippen LogP contribution >= 0.6 is 11.6 Å². The maximum absolute atomic E-state index is 14.8. The summed E-state index contributed by atoms with van der Waals surface area (Å²) in [6.45, 7) is 3.36. The van der Waals surface area contributed by atoms with Crippen molar-refractivity contribution in [1.29, 1.82) is 0 Å². The zero-order valence-corrected chi connectivity index (χ0v) is 19.3. The molecule has 0 fully saturated rings. The summed E-state index contributed by atoms with van der Waals surface area (Å²) in [5, 5.41) is 2.05. The van der Waals surface area contributed by atoms with Gasteiger partial charge in [0.1, 0.15) is 0 Å². The smallest absolute Gasteiger partial charge is 0.326 e. The molecular formula is C25H22ClF3N2O3. The Bertz CT molecular complexity index is 1210. The molecular weight excluding hydrogens is 469 g/mol. The Kier molecular flexibility index (Phi) is 5.84. The van der Waals surface area contributed by atoms with Gasteiger partial charge in [0.05, 0.1) is 12.1 Å². The van der Waals surface area contributed by atoms with Crippen molar-refractivity contribution in [2.45, 2.75) is 44.9 Å². The highest BCUT2D eigenvalue weighted by molar-refractivity contribution is 6.31. The first-order chi connectivity index (χ1) is 15.9. The van der Waals surface area contributed by atoms with E-state index in [9.17, 15) is 27.6 Å². The molecule has 2 aromatic rings. The molecule has 2 amide bonds. The number of allylic oxidation sites excluding steroid dienone is 1. The first-order valence-corrected chi connectivity index (χ1v) is 11.0. The Morgan fingerprint density at radius 3 is 2.35 bits per heavy atom. The number of amides is 2. The zero-order chi connectivity index (χ0) is 24.9. The van der Waals surface area contributed by atoms with Gasteiger partial charge in [-0.25, -0.2) is 0 Å². The zero-order valence-electron chi connectivity index (χ0n) is 18.5. The van der Waals surface area contributed by atoms with Gasteiger partial charge in [0, 0.05) is 22.7 Å². The van der Waals surface area contributed by atoms with E-state index in [1.54, 1.807) is 44.2 Å². The summed E-state index contributed by atoms with van der Waals surface area (Å²) in [4.78, 5) is 40.7. The van der Waals surface area contributed by atoms with E-state index < -0.39 is 40.3 Å². The minimum Gasteiger partial charge on any atom is -0.326 e. The summed E-state index contributed by atoms with van der Waals surface area (Å²) < 4.78 is 44.4. The van der Waals surface area contributed by atoms with E-state index in [0.29, 0.717) is 5.56 Å². The molecule has 1 atom stereocenters. The first-order valence-electron chi connectivity index (χ1n) is 10.6. The van der Waals surface area contributed by atoms with Crippen molar-refractivity contribution in [3.63, 3.8) is 0 Å². The summed E-state index contributed by atoms with van der Waals surface area (Å²) in [6, 6.07) is 13.9. The lowest BCUT2D eigenvalue weighted by Crippen LogP contribution is -2.66. The standard InChI is InChI=1S/C25H22ClF3N2O3/c1-23(2)12-18-20(19(32)13-23)24(25(27,28)29,30-21(33)16-9-6-10-17(26)11-16)22(34)31(18)14-15-7-4-3-5-8-15/h3-11H,12-14H2,1-2H3,(H,30,33)/t24-/m0/s1. The Hall–Kier alpha value is -3.13. The SMILES string of the molecule is CC1(C)CC(=O)C2=C(C1)N(Cc1ccccc1)C(=O)[C@]2(NC(=O)c1cccc(Cl)c1)C(F)(F)F. The lowest BCUT2D eigenvalue weighted by atomic mass is 9.72. The number of Topliss-reactive ketones (excluding diaryl/α,β-unsaturated/α-hetero) is 1. The van der Waals surface area contributed by atoms with Crippen LogP contribution < -0.4 is 5.32 Å². The number of hydrogen-bond donors (Lipinski definition) is 1. The van der Waals surface area contributed by atoms with Crippen LogP contribution in [0.4, 0.5) is 13.2 Å². The lowest BCUT2D eigenvalue weighted by molar-refractivity contribution is -0.190. The number of carbonyl (C=O) groups is 3. The Balaban J connectivity index is 1.88. The van der Waals surface area contributed by atoms with E-state index in [-0.39, 0.29) is 35.7 Å². The predicted molar refractivity (Wildman–Crippen MR) is 120 cm³/mol. The largest absolute Gasteiger partial charge is 0.425 e. The van der Waals surface area contributed by atoms with Gasteiger partial charge in [-0.05, 0) is 35.6 Å². The van der Waals surface area contributed by atoms with Crippen LogP contribution in [0.3, 0.4) is 0 Å². The summed E-state index contributed by atoms with van der Waals surface area (Å²) in [7, 11) is 0. The monoisotopic (exact) mass is 490 g/mol. The molecule has 9 heteroatoms. The topological polar surface area (TPSA) is 66.5 Å². The summed E-state index contributed by atoms with van der Waals surface area (Å²) >= 11 is 5.90. The van der Waals surface area contributed by atoms with Crippen LogP contribution in [0.15, 0.2) is 65.9 Å². The average molecular weight is 491 g/mol. The lowest BCUT2D eigenvalue weighted by Gasteiger charge is -2.35. The Morgan fingerprint density at radius 1 is 1.06 bits per heavy atom. The summed E-state index contributed by atoms with van der Waals surface area (Å²) in [5.41, 5.74) is -4.39. The fraction of sp³-hybridized carbons (Fsp3) is 0.320. The van der Waals surface area contributed by atoms with Crippen molar-refractivity contribution in [1.82, 2.24) is 10.2 Å². The third-order valence-electron chi connectivity index (χ3n) is 6.12. The van der Waals surface area contributed by atoms with E-state index in [0.717, 1.165) is 4.90 Å². The first kappa shape index (κ1) is 24.0. The number of rotatable bonds is 4. The minimum absolute atomic E-state index is 0.00109. The van der Waals surface area contributed by atoms with Crippen LogP contribution in [0.5, 0.6) is 0 Å². The molecule has 0 saturated carbocycles. The fourth-order valence-corrected chi connectivity index (χ4v) is 4.82. The van der Waals surface area contributed by atoms with E-state index in [4.69, 9.17) is 11.6 Å². The molecule has 34 heavy (non-hydrogen) atoms. The van der Waals surface area contributed by atoms with Crippen molar-refractivity contribution in [2.24, 2.45) is 5.41 Å². The van der Waals surface area contributed by atoms with Crippen molar-refractivity contribution >= 4 is 29.2 Å². The number of alkyl halides is 3. The molecule has 5 nitrogen and oxygen atoms in total. The highest BCUT2D eigenvalue weighted by Crippen LogP contribution is 2.52. The Morgan fingerprint density at radius 2 is 1.74 bits per heavy atom. The van der Waals surface area contributed by atoms with Crippen LogP contribution in [-0.2, 0) is 16.1 Å². The van der Waals surface area contributed by atoms with Gasteiger partial charge >= 0.3 is 6.18 Å². The number of nitrogens with one attached hydrogen (secondary N) is 1.